The molecule has 0 spiro atoms. The zero-order valence-corrected chi connectivity index (χ0v) is 16.1. The summed E-state index contributed by atoms with van der Waals surface area (Å²) < 4.78 is 4.99. The van der Waals surface area contributed by atoms with Crippen molar-refractivity contribution in [2.24, 2.45) is 0 Å². The summed E-state index contributed by atoms with van der Waals surface area (Å²) in [5, 5.41) is 5.64. The number of rotatable bonds is 8. The summed E-state index contributed by atoms with van der Waals surface area (Å²) in [6.45, 7) is 8.15. The van der Waals surface area contributed by atoms with Gasteiger partial charge in [-0.1, -0.05) is 25.5 Å². The molecule has 1 aliphatic rings. The maximum absolute atomic E-state index is 12.4. The number of hydrogen-bond donors (Lipinski definition) is 2. The van der Waals surface area contributed by atoms with Gasteiger partial charge in [0.15, 0.2) is 0 Å². The van der Waals surface area contributed by atoms with Crippen LogP contribution in [0.2, 0.25) is 0 Å². The van der Waals surface area contributed by atoms with Crippen LogP contribution in [-0.2, 0) is 9.53 Å². The Morgan fingerprint density at radius 1 is 1.15 bits per heavy atom. The van der Waals surface area contributed by atoms with Crippen molar-refractivity contribution in [3.8, 4) is 0 Å². The van der Waals surface area contributed by atoms with Crippen molar-refractivity contribution < 1.29 is 14.3 Å². The number of allylic oxidation sites excluding steroid dienone is 1. The highest BCUT2D eigenvalue weighted by molar-refractivity contribution is 5.95. The molecule has 142 valence electrons. The Labute approximate surface area is 155 Å². The van der Waals surface area contributed by atoms with E-state index in [9.17, 15) is 9.59 Å². The third-order valence-corrected chi connectivity index (χ3v) is 4.69. The van der Waals surface area contributed by atoms with E-state index in [-0.39, 0.29) is 6.03 Å². The normalized spacial score (nSPS) is 16.8. The van der Waals surface area contributed by atoms with Crippen molar-refractivity contribution in [1.82, 2.24) is 10.6 Å². The first-order valence-electron chi connectivity index (χ1n) is 9.29. The van der Waals surface area contributed by atoms with E-state index in [1.165, 1.54) is 7.11 Å². The molecule has 26 heavy (non-hydrogen) atoms. The van der Waals surface area contributed by atoms with Gasteiger partial charge in [-0.15, -0.1) is 0 Å². The summed E-state index contributed by atoms with van der Waals surface area (Å²) in [6.07, 6.45) is 2.51. The van der Waals surface area contributed by atoms with Crippen molar-refractivity contribution in [2.75, 3.05) is 25.1 Å². The van der Waals surface area contributed by atoms with Crippen LogP contribution in [0.4, 0.5) is 10.5 Å². The first kappa shape index (κ1) is 19.8. The van der Waals surface area contributed by atoms with Crippen molar-refractivity contribution in [3.63, 3.8) is 0 Å². The molecule has 0 aromatic heterocycles. The number of anilines is 1. The first-order chi connectivity index (χ1) is 12.5. The van der Waals surface area contributed by atoms with Crippen LogP contribution in [0, 0.1) is 0 Å². The summed E-state index contributed by atoms with van der Waals surface area (Å²) in [5.74, 6) is -0.415. The highest BCUT2D eigenvalue weighted by Gasteiger charge is 2.33. The predicted octanol–water partition coefficient (Wildman–Crippen LogP) is 3.50. The highest BCUT2D eigenvalue weighted by Crippen LogP contribution is 2.30. The van der Waals surface area contributed by atoms with E-state index in [1.54, 1.807) is 0 Å². The molecule has 6 heteroatoms. The third-order valence-electron chi connectivity index (χ3n) is 4.69. The van der Waals surface area contributed by atoms with Gasteiger partial charge in [0.2, 0.25) is 0 Å². The van der Waals surface area contributed by atoms with Gasteiger partial charge in [0, 0.05) is 24.5 Å². The molecule has 1 atom stereocenters. The van der Waals surface area contributed by atoms with Crippen molar-refractivity contribution in [2.45, 2.75) is 46.1 Å². The number of methoxy groups -OCH3 is 1. The Morgan fingerprint density at radius 3 is 2.35 bits per heavy atom. The quantitative estimate of drug-likeness (QED) is 0.697. The van der Waals surface area contributed by atoms with E-state index in [2.05, 4.69) is 36.3 Å². The van der Waals surface area contributed by atoms with Gasteiger partial charge in [0.1, 0.15) is 0 Å². The number of carbonyl (C=O) groups excluding carboxylic acids is 2. The molecule has 1 aromatic carbocycles. The number of carbonyl (C=O) groups is 2. The summed E-state index contributed by atoms with van der Waals surface area (Å²) in [6, 6.07) is 7.18. The maximum atomic E-state index is 12.4. The van der Waals surface area contributed by atoms with Crippen LogP contribution >= 0.6 is 0 Å². The molecule has 2 rings (SSSR count). The average Bonchev–Trinajstić information content (AvgIpc) is 2.66. The van der Waals surface area contributed by atoms with Crippen LogP contribution in [0.15, 0.2) is 35.5 Å². The topological polar surface area (TPSA) is 70.7 Å². The summed E-state index contributed by atoms with van der Waals surface area (Å²) >= 11 is 0. The number of nitrogens with zero attached hydrogens (tertiary/aromatic N) is 1. The summed E-state index contributed by atoms with van der Waals surface area (Å²) in [7, 11) is 1.36. The van der Waals surface area contributed by atoms with Gasteiger partial charge in [-0.25, -0.2) is 9.59 Å². The fraction of sp³-hybridized carbons (Fsp3) is 0.500. The Kier molecular flexibility index (Phi) is 7.06. The molecular formula is C20H29N3O3. The monoisotopic (exact) mass is 359 g/mol. The van der Waals surface area contributed by atoms with Gasteiger partial charge in [-0.3, -0.25) is 0 Å². The lowest BCUT2D eigenvalue weighted by Gasteiger charge is -2.29. The molecule has 2 N–H and O–H groups in total. The number of urea groups is 1. The molecule has 0 radical (unpaired) electrons. The fourth-order valence-corrected chi connectivity index (χ4v) is 3.24. The molecule has 0 bridgehead atoms. The Hall–Kier alpha value is -2.50. The minimum atomic E-state index is -0.506. The van der Waals surface area contributed by atoms with Crippen LogP contribution in [0.25, 0.3) is 0 Å². The van der Waals surface area contributed by atoms with Gasteiger partial charge in [0.05, 0.1) is 18.7 Å². The van der Waals surface area contributed by atoms with E-state index < -0.39 is 12.0 Å². The number of unbranched alkanes of at least 4 members (excludes halogenated alkanes) is 1. The fourth-order valence-electron chi connectivity index (χ4n) is 3.24. The van der Waals surface area contributed by atoms with Gasteiger partial charge in [0.25, 0.3) is 0 Å². The number of benzene rings is 1. The van der Waals surface area contributed by atoms with Gasteiger partial charge < -0.3 is 20.3 Å². The van der Waals surface area contributed by atoms with Crippen molar-refractivity contribution >= 4 is 17.7 Å². The molecule has 0 fully saturated rings. The number of amides is 2. The average molecular weight is 359 g/mol. The summed E-state index contributed by atoms with van der Waals surface area (Å²) in [5.41, 5.74) is 3.12. The Morgan fingerprint density at radius 2 is 1.81 bits per heavy atom. The molecule has 1 heterocycles. The molecule has 0 saturated carbocycles. The van der Waals surface area contributed by atoms with E-state index in [0.717, 1.165) is 37.2 Å². The largest absolute Gasteiger partial charge is 0.466 e. The second-order valence-electron chi connectivity index (χ2n) is 6.28. The number of esters is 1. The van der Waals surface area contributed by atoms with Gasteiger partial charge in [-0.2, -0.15) is 0 Å². The van der Waals surface area contributed by atoms with Gasteiger partial charge in [-0.05, 0) is 44.4 Å². The van der Waals surface area contributed by atoms with E-state index >= 15 is 0 Å². The molecule has 0 aliphatic carbocycles. The lowest BCUT2D eigenvalue weighted by atomic mass is 9.93. The van der Waals surface area contributed by atoms with Crippen LogP contribution in [-0.4, -0.2) is 32.2 Å². The standard InChI is InChI=1S/C20H29N3O3/c1-5-8-9-16-17(19(24)26-4)18(22-20(25)21-16)14-10-12-15(13-11-14)23(6-2)7-3/h10-13,18H,5-9H2,1-4H3,(H2,21,22,25). The zero-order chi connectivity index (χ0) is 19.1. The zero-order valence-electron chi connectivity index (χ0n) is 16.1. The van der Waals surface area contributed by atoms with Crippen LogP contribution < -0.4 is 15.5 Å². The first-order valence-corrected chi connectivity index (χ1v) is 9.29. The summed E-state index contributed by atoms with van der Waals surface area (Å²) in [4.78, 5) is 26.8. The number of nitrogens with one attached hydrogen (secondary N) is 2. The van der Waals surface area contributed by atoms with Crippen LogP contribution in [0.5, 0.6) is 0 Å². The minimum Gasteiger partial charge on any atom is -0.466 e. The number of hydrogen-bond acceptors (Lipinski definition) is 4. The second kappa shape index (κ2) is 9.27. The second-order valence-corrected chi connectivity index (χ2v) is 6.28. The van der Waals surface area contributed by atoms with E-state index in [0.29, 0.717) is 17.7 Å². The predicted molar refractivity (Wildman–Crippen MR) is 103 cm³/mol. The van der Waals surface area contributed by atoms with E-state index in [1.807, 2.05) is 24.3 Å². The lowest BCUT2D eigenvalue weighted by Crippen LogP contribution is -2.45. The van der Waals surface area contributed by atoms with Gasteiger partial charge >= 0.3 is 12.0 Å². The lowest BCUT2D eigenvalue weighted by molar-refractivity contribution is -0.136. The number of ether oxygens (including phenoxy) is 1. The minimum absolute atomic E-state index is 0.290. The molecule has 1 aliphatic heterocycles. The molecule has 6 nitrogen and oxygen atoms in total. The Bertz CT molecular complexity index is 663. The molecule has 2 amide bonds. The highest BCUT2D eigenvalue weighted by atomic mass is 16.5. The molecular weight excluding hydrogens is 330 g/mol. The van der Waals surface area contributed by atoms with Crippen LogP contribution in [0.1, 0.15) is 51.6 Å². The van der Waals surface area contributed by atoms with Crippen molar-refractivity contribution in [1.29, 1.82) is 0 Å². The third kappa shape index (κ3) is 4.36. The molecule has 1 unspecified atom stereocenters. The van der Waals surface area contributed by atoms with Crippen molar-refractivity contribution in [3.05, 3.63) is 41.1 Å². The smallest absolute Gasteiger partial charge is 0.337 e. The maximum Gasteiger partial charge on any atom is 0.337 e. The Balaban J connectivity index is 2.40. The SMILES string of the molecule is CCCCC1=C(C(=O)OC)C(c2ccc(N(CC)CC)cc2)NC(=O)N1. The van der Waals surface area contributed by atoms with Crippen LogP contribution in [0.3, 0.4) is 0 Å². The molecule has 1 aromatic rings. The molecule has 0 saturated heterocycles. The van der Waals surface area contributed by atoms with E-state index in [4.69, 9.17) is 4.74 Å².